The van der Waals surface area contributed by atoms with E-state index in [1.807, 2.05) is 44.2 Å². The number of anilines is 2. The van der Waals surface area contributed by atoms with Gasteiger partial charge in [0.05, 0.1) is 22.8 Å². The molecule has 150 valence electrons. The van der Waals surface area contributed by atoms with Crippen molar-refractivity contribution < 1.29 is 9.18 Å². The maximum Gasteiger partial charge on any atom is 0.229 e. The zero-order valence-corrected chi connectivity index (χ0v) is 17.5. The van der Waals surface area contributed by atoms with Gasteiger partial charge in [0.2, 0.25) is 5.91 Å². The van der Waals surface area contributed by atoms with E-state index in [4.69, 9.17) is 0 Å². The van der Waals surface area contributed by atoms with Crippen molar-refractivity contribution in [2.75, 3.05) is 23.3 Å². The molecular formula is C23H24FN3OS. The molecule has 0 atom stereocenters. The van der Waals surface area contributed by atoms with Crippen LogP contribution in [0, 0.1) is 19.7 Å². The number of halogens is 1. The van der Waals surface area contributed by atoms with Gasteiger partial charge in [-0.15, -0.1) is 11.3 Å². The predicted octanol–water partition coefficient (Wildman–Crippen LogP) is 5.35. The van der Waals surface area contributed by atoms with E-state index in [1.165, 1.54) is 23.0 Å². The van der Waals surface area contributed by atoms with Crippen LogP contribution in [-0.4, -0.2) is 24.0 Å². The Morgan fingerprint density at radius 1 is 1.14 bits per heavy atom. The lowest BCUT2D eigenvalue weighted by Gasteiger charge is -2.22. The highest BCUT2D eigenvalue weighted by atomic mass is 32.1. The molecule has 1 aliphatic heterocycles. The molecule has 1 amide bonds. The summed E-state index contributed by atoms with van der Waals surface area (Å²) in [7, 11) is 0. The van der Waals surface area contributed by atoms with Crippen molar-refractivity contribution in [1.82, 2.24) is 4.98 Å². The van der Waals surface area contributed by atoms with E-state index < -0.39 is 5.82 Å². The molecule has 3 aromatic rings. The first-order chi connectivity index (χ1) is 14.0. The molecule has 1 aliphatic rings. The average Bonchev–Trinajstić information content (AvgIpc) is 3.34. The Bertz CT molecular complexity index is 1020. The second kappa shape index (κ2) is 8.33. The first kappa shape index (κ1) is 19.6. The largest absolute Gasteiger partial charge is 0.370 e. The molecule has 4 nitrogen and oxygen atoms in total. The summed E-state index contributed by atoms with van der Waals surface area (Å²) in [6.07, 6.45) is 2.34. The number of para-hydroxylation sites is 1. The average molecular weight is 410 g/mol. The van der Waals surface area contributed by atoms with Crippen LogP contribution >= 0.6 is 11.3 Å². The Morgan fingerprint density at radius 2 is 1.86 bits per heavy atom. The van der Waals surface area contributed by atoms with E-state index in [2.05, 4.69) is 15.2 Å². The number of nitrogens with zero attached hydrogens (tertiary/aromatic N) is 2. The van der Waals surface area contributed by atoms with Crippen LogP contribution in [0.2, 0.25) is 0 Å². The maximum atomic E-state index is 14.5. The van der Waals surface area contributed by atoms with Gasteiger partial charge in [-0.3, -0.25) is 4.79 Å². The summed E-state index contributed by atoms with van der Waals surface area (Å²) in [6, 6.07) is 13.1. The number of amides is 1. The lowest BCUT2D eigenvalue weighted by Crippen LogP contribution is -2.22. The summed E-state index contributed by atoms with van der Waals surface area (Å²) in [5.74, 6) is -0.630. The molecule has 1 aromatic heterocycles. The highest BCUT2D eigenvalue weighted by Gasteiger charge is 2.21. The number of carbonyl (C=O) groups is 1. The quantitative estimate of drug-likeness (QED) is 0.618. The van der Waals surface area contributed by atoms with Crippen LogP contribution in [0.25, 0.3) is 11.3 Å². The minimum Gasteiger partial charge on any atom is -0.370 e. The molecular weight excluding hydrogens is 385 g/mol. The van der Waals surface area contributed by atoms with Gasteiger partial charge >= 0.3 is 0 Å². The van der Waals surface area contributed by atoms with E-state index in [1.54, 1.807) is 6.07 Å². The molecule has 1 saturated heterocycles. The lowest BCUT2D eigenvalue weighted by molar-refractivity contribution is -0.115. The third-order valence-electron chi connectivity index (χ3n) is 5.15. The van der Waals surface area contributed by atoms with Crippen LogP contribution < -0.4 is 10.2 Å². The SMILES string of the molecule is Cc1ccc(-c2nc(C)sc2CC(=O)Nc2c(F)cccc2N2CCCC2)cc1. The van der Waals surface area contributed by atoms with Gasteiger partial charge < -0.3 is 10.2 Å². The van der Waals surface area contributed by atoms with Gasteiger partial charge in [-0.1, -0.05) is 35.9 Å². The third-order valence-corrected chi connectivity index (χ3v) is 6.12. The molecule has 2 heterocycles. The molecule has 0 saturated carbocycles. The van der Waals surface area contributed by atoms with Gasteiger partial charge in [0.25, 0.3) is 0 Å². The standard InChI is InChI=1S/C23H24FN3OS/c1-15-8-10-17(11-9-15)22-20(29-16(2)25-22)14-21(28)26-23-18(24)6-5-7-19(23)27-12-3-4-13-27/h5-11H,3-4,12-14H2,1-2H3,(H,26,28). The van der Waals surface area contributed by atoms with Crippen molar-refractivity contribution in [3.8, 4) is 11.3 Å². The van der Waals surface area contributed by atoms with Crippen LogP contribution in [0.4, 0.5) is 15.8 Å². The summed E-state index contributed by atoms with van der Waals surface area (Å²) in [5.41, 5.74) is 4.03. The molecule has 0 radical (unpaired) electrons. The number of rotatable bonds is 5. The van der Waals surface area contributed by atoms with Gasteiger partial charge in [0, 0.05) is 23.5 Å². The lowest BCUT2D eigenvalue weighted by atomic mass is 10.1. The van der Waals surface area contributed by atoms with Gasteiger partial charge in [-0.05, 0) is 38.8 Å². The number of hydrogen-bond donors (Lipinski definition) is 1. The fraction of sp³-hybridized carbons (Fsp3) is 0.304. The van der Waals surface area contributed by atoms with Gasteiger partial charge in [-0.2, -0.15) is 0 Å². The Balaban J connectivity index is 1.57. The van der Waals surface area contributed by atoms with E-state index >= 15 is 0 Å². The molecule has 1 fully saturated rings. The van der Waals surface area contributed by atoms with Gasteiger partial charge in [0.1, 0.15) is 11.5 Å². The Hall–Kier alpha value is -2.73. The molecule has 29 heavy (non-hydrogen) atoms. The molecule has 0 spiro atoms. The monoisotopic (exact) mass is 409 g/mol. The van der Waals surface area contributed by atoms with Crippen molar-refractivity contribution in [2.24, 2.45) is 0 Å². The second-order valence-electron chi connectivity index (χ2n) is 7.42. The number of aromatic nitrogens is 1. The van der Waals surface area contributed by atoms with Crippen molar-refractivity contribution in [3.63, 3.8) is 0 Å². The minimum absolute atomic E-state index is 0.169. The molecule has 2 aromatic carbocycles. The number of hydrogen-bond acceptors (Lipinski definition) is 4. The fourth-order valence-corrected chi connectivity index (χ4v) is 4.67. The molecule has 4 rings (SSSR count). The number of thiazole rings is 1. The minimum atomic E-state index is -0.401. The molecule has 0 aliphatic carbocycles. The smallest absolute Gasteiger partial charge is 0.229 e. The van der Waals surface area contributed by atoms with E-state index in [0.29, 0.717) is 0 Å². The van der Waals surface area contributed by atoms with E-state index in [0.717, 1.165) is 52.8 Å². The number of aryl methyl sites for hydroxylation is 2. The van der Waals surface area contributed by atoms with Crippen LogP contribution in [0.15, 0.2) is 42.5 Å². The van der Waals surface area contributed by atoms with Gasteiger partial charge in [-0.25, -0.2) is 9.37 Å². The topological polar surface area (TPSA) is 45.2 Å². The molecule has 0 unspecified atom stereocenters. The first-order valence-corrected chi connectivity index (χ1v) is 10.7. The highest BCUT2D eigenvalue weighted by molar-refractivity contribution is 7.12. The normalized spacial score (nSPS) is 13.7. The summed E-state index contributed by atoms with van der Waals surface area (Å²) in [4.78, 5) is 20.5. The summed E-state index contributed by atoms with van der Waals surface area (Å²) < 4.78 is 14.5. The van der Waals surface area contributed by atoms with Crippen molar-refractivity contribution in [3.05, 3.63) is 63.7 Å². The molecule has 0 bridgehead atoms. The Labute approximate surface area is 174 Å². The second-order valence-corrected chi connectivity index (χ2v) is 8.71. The van der Waals surface area contributed by atoms with Crippen LogP contribution in [-0.2, 0) is 11.2 Å². The zero-order valence-electron chi connectivity index (χ0n) is 16.7. The van der Waals surface area contributed by atoms with Crippen LogP contribution in [0.1, 0.15) is 28.3 Å². The summed E-state index contributed by atoms with van der Waals surface area (Å²) in [5, 5.41) is 3.73. The van der Waals surface area contributed by atoms with Crippen molar-refractivity contribution >= 4 is 28.6 Å². The number of nitrogens with one attached hydrogen (secondary N) is 1. The van der Waals surface area contributed by atoms with Crippen LogP contribution in [0.5, 0.6) is 0 Å². The zero-order chi connectivity index (χ0) is 20.4. The molecule has 6 heteroatoms. The summed E-state index contributed by atoms with van der Waals surface area (Å²) in [6.45, 7) is 5.75. The summed E-state index contributed by atoms with van der Waals surface area (Å²) >= 11 is 1.51. The fourth-order valence-electron chi connectivity index (χ4n) is 3.71. The van der Waals surface area contributed by atoms with E-state index in [9.17, 15) is 9.18 Å². The van der Waals surface area contributed by atoms with Crippen LogP contribution in [0.3, 0.4) is 0 Å². The number of benzene rings is 2. The highest BCUT2D eigenvalue weighted by Crippen LogP contribution is 2.32. The first-order valence-electron chi connectivity index (χ1n) is 9.88. The molecule has 1 N–H and O–H groups in total. The number of carbonyl (C=O) groups excluding carboxylic acids is 1. The third kappa shape index (κ3) is 4.32. The maximum absolute atomic E-state index is 14.5. The predicted molar refractivity (Wildman–Crippen MR) is 117 cm³/mol. The van der Waals surface area contributed by atoms with E-state index in [-0.39, 0.29) is 18.0 Å². The van der Waals surface area contributed by atoms with Crippen molar-refractivity contribution in [2.45, 2.75) is 33.1 Å². The Kier molecular flexibility index (Phi) is 5.62. The Morgan fingerprint density at radius 3 is 2.59 bits per heavy atom. The van der Waals surface area contributed by atoms with Gasteiger partial charge in [0.15, 0.2) is 0 Å². The van der Waals surface area contributed by atoms with Crippen molar-refractivity contribution in [1.29, 1.82) is 0 Å².